The minimum atomic E-state index is -0.901. The molecule has 1 fully saturated rings. The van der Waals surface area contributed by atoms with Gasteiger partial charge in [-0.3, -0.25) is 4.79 Å². The quantitative estimate of drug-likeness (QED) is 0.334. The maximum absolute atomic E-state index is 12.2. The lowest BCUT2D eigenvalue weighted by atomic mass is 9.73. The van der Waals surface area contributed by atoms with E-state index in [4.69, 9.17) is 15.2 Å². The van der Waals surface area contributed by atoms with E-state index in [1.165, 1.54) is 12.7 Å². The lowest BCUT2D eigenvalue weighted by Crippen LogP contribution is -2.44. The second-order valence-corrected chi connectivity index (χ2v) is 10.6. The molecule has 1 atom stereocenters. The van der Waals surface area contributed by atoms with E-state index < -0.39 is 5.97 Å². The highest BCUT2D eigenvalue weighted by Gasteiger charge is 2.47. The number of nitrogens with two attached hydrogens (primary N) is 1. The van der Waals surface area contributed by atoms with Crippen molar-refractivity contribution in [3.05, 3.63) is 89.6 Å². The minimum Gasteiger partial charge on any atom is -0.485 e. The van der Waals surface area contributed by atoms with Crippen LogP contribution in [0, 0.1) is 0 Å². The number of amides is 1. The summed E-state index contributed by atoms with van der Waals surface area (Å²) in [7, 11) is 1.41. The van der Waals surface area contributed by atoms with Gasteiger partial charge in [0.05, 0.1) is 13.5 Å². The Labute approximate surface area is 232 Å². The van der Waals surface area contributed by atoms with Crippen LogP contribution in [0.5, 0.6) is 5.75 Å². The number of nitrogens with zero attached hydrogens (tertiary/aromatic N) is 2. The number of anilines is 1. The van der Waals surface area contributed by atoms with Crippen LogP contribution in [-0.4, -0.2) is 47.3 Å². The van der Waals surface area contributed by atoms with Gasteiger partial charge in [-0.25, -0.2) is 9.78 Å². The molecule has 1 saturated heterocycles. The van der Waals surface area contributed by atoms with Crippen LogP contribution in [0.4, 0.5) is 10.6 Å². The summed E-state index contributed by atoms with van der Waals surface area (Å²) in [6.07, 6.45) is 3.38. The topological polar surface area (TPSA) is 115 Å². The van der Waals surface area contributed by atoms with Crippen molar-refractivity contribution in [3.63, 3.8) is 0 Å². The van der Waals surface area contributed by atoms with Gasteiger partial charge in [-0.15, -0.1) is 0 Å². The zero-order chi connectivity index (χ0) is 27.9. The number of hydrogen-bond acceptors (Lipinski definition) is 6. The monoisotopic (exact) mass is 537 g/mol. The van der Waals surface area contributed by atoms with Gasteiger partial charge in [0.2, 0.25) is 0 Å². The fraction of sp³-hybridized carbons (Fsp3) is 0.281. The van der Waals surface area contributed by atoms with Gasteiger partial charge in [0.15, 0.2) is 0 Å². The molecule has 3 N–H and O–H groups in total. The number of aliphatic carboxylic acids is 1. The summed E-state index contributed by atoms with van der Waals surface area (Å²) < 4.78 is 11.6. The number of likely N-dealkylation sites (tertiary alicyclic amines) is 1. The van der Waals surface area contributed by atoms with Crippen molar-refractivity contribution in [1.29, 1.82) is 0 Å². The minimum absolute atomic E-state index is 0.111. The number of nitrogen functional groups attached to an aromatic ring is 1. The van der Waals surface area contributed by atoms with E-state index in [2.05, 4.69) is 29.2 Å². The van der Waals surface area contributed by atoms with Crippen molar-refractivity contribution in [1.82, 2.24) is 9.88 Å². The van der Waals surface area contributed by atoms with E-state index in [1.54, 1.807) is 17.2 Å². The lowest BCUT2D eigenvalue weighted by molar-refractivity contribution is -0.136. The van der Waals surface area contributed by atoms with Crippen molar-refractivity contribution >= 4 is 28.7 Å². The fourth-order valence-corrected chi connectivity index (χ4v) is 6.44. The fourth-order valence-electron chi connectivity index (χ4n) is 6.44. The SMILES string of the molecule is COC(=O)N1CCC2(CC1)C[C@@H](Oc1ccccc1CC(=O)O)c1cc(-c3cccc4c(N)nccc34)ccc12. The van der Waals surface area contributed by atoms with E-state index in [0.29, 0.717) is 30.2 Å². The van der Waals surface area contributed by atoms with Crippen LogP contribution in [0.2, 0.25) is 0 Å². The molecule has 204 valence electrons. The maximum Gasteiger partial charge on any atom is 0.409 e. The number of rotatable bonds is 5. The number of benzene rings is 3. The van der Waals surface area contributed by atoms with E-state index >= 15 is 0 Å². The number of carbonyl (C=O) groups is 2. The molecule has 1 amide bonds. The molecule has 0 radical (unpaired) electrons. The number of carbonyl (C=O) groups excluding carboxylic acids is 1. The summed E-state index contributed by atoms with van der Waals surface area (Å²) in [5, 5.41) is 11.4. The molecule has 0 saturated carbocycles. The number of ether oxygens (including phenoxy) is 2. The number of carboxylic acids is 1. The normalized spacial score (nSPS) is 17.5. The number of carboxylic acid groups (broad SMARTS) is 1. The largest absolute Gasteiger partial charge is 0.485 e. The molecule has 8 nitrogen and oxygen atoms in total. The first-order valence-corrected chi connectivity index (χ1v) is 13.5. The molecule has 0 bridgehead atoms. The third kappa shape index (κ3) is 4.49. The summed E-state index contributed by atoms with van der Waals surface area (Å²) in [4.78, 5) is 29.7. The summed E-state index contributed by atoms with van der Waals surface area (Å²) in [5.74, 6) is 0.175. The molecular weight excluding hydrogens is 506 g/mol. The Hall–Kier alpha value is -4.59. The molecule has 2 aliphatic rings. The zero-order valence-electron chi connectivity index (χ0n) is 22.3. The maximum atomic E-state index is 12.2. The lowest BCUT2D eigenvalue weighted by Gasteiger charge is -2.39. The molecule has 2 heterocycles. The van der Waals surface area contributed by atoms with Crippen LogP contribution < -0.4 is 10.5 Å². The average molecular weight is 538 g/mol. The van der Waals surface area contributed by atoms with Gasteiger partial charge in [0, 0.05) is 35.7 Å². The van der Waals surface area contributed by atoms with Crippen LogP contribution in [-0.2, 0) is 21.4 Å². The molecule has 8 heteroatoms. The summed E-state index contributed by atoms with van der Waals surface area (Å²) in [6.45, 7) is 1.21. The van der Waals surface area contributed by atoms with E-state index in [9.17, 15) is 14.7 Å². The molecule has 4 aromatic rings. The predicted octanol–water partition coefficient (Wildman–Crippen LogP) is 5.73. The van der Waals surface area contributed by atoms with E-state index in [0.717, 1.165) is 46.7 Å². The second kappa shape index (κ2) is 10.2. The van der Waals surface area contributed by atoms with Gasteiger partial charge in [-0.1, -0.05) is 48.5 Å². The Kier molecular flexibility index (Phi) is 6.54. The van der Waals surface area contributed by atoms with Crippen molar-refractivity contribution in [2.24, 2.45) is 0 Å². The zero-order valence-corrected chi connectivity index (χ0v) is 22.3. The third-order valence-corrected chi connectivity index (χ3v) is 8.43. The molecular formula is C32H31N3O5. The summed E-state index contributed by atoms with van der Waals surface area (Å²) >= 11 is 0. The Bertz CT molecular complexity index is 1610. The van der Waals surface area contributed by atoms with Gasteiger partial charge >= 0.3 is 12.1 Å². The van der Waals surface area contributed by atoms with Crippen molar-refractivity contribution in [2.45, 2.75) is 37.2 Å². The number of hydrogen-bond donors (Lipinski definition) is 2. The van der Waals surface area contributed by atoms with Crippen LogP contribution >= 0.6 is 0 Å². The van der Waals surface area contributed by atoms with Crippen molar-refractivity contribution in [3.8, 4) is 16.9 Å². The van der Waals surface area contributed by atoms with Crippen LogP contribution in [0.15, 0.2) is 72.9 Å². The molecule has 1 aliphatic carbocycles. The molecule has 3 aromatic carbocycles. The number of pyridine rings is 1. The first-order valence-electron chi connectivity index (χ1n) is 13.5. The number of methoxy groups -OCH3 is 1. The van der Waals surface area contributed by atoms with Crippen LogP contribution in [0.1, 0.15) is 42.1 Å². The number of fused-ring (bicyclic) bond motifs is 3. The standard InChI is InChI=1S/C32H31N3O5/c1-39-31(38)35-15-12-32(13-16-35)19-28(40-27-8-3-2-5-21(27)18-29(36)37)25-17-20(9-10-26(25)32)22-6-4-7-24-23(22)11-14-34-30(24)33/h2-11,14,17,28H,12-13,15-16,18-19H2,1H3,(H2,33,34)(H,36,37)/t28-/m1/s1. The Balaban J connectivity index is 1.42. The molecule has 1 aromatic heterocycles. The molecule has 1 aliphatic heterocycles. The molecule has 6 rings (SSSR count). The van der Waals surface area contributed by atoms with Crippen LogP contribution in [0.3, 0.4) is 0 Å². The van der Waals surface area contributed by atoms with Gasteiger partial charge in [0.1, 0.15) is 17.7 Å². The average Bonchev–Trinajstić information content (AvgIpc) is 3.25. The Morgan fingerprint density at radius 3 is 2.62 bits per heavy atom. The Morgan fingerprint density at radius 1 is 1.05 bits per heavy atom. The number of para-hydroxylation sites is 1. The van der Waals surface area contributed by atoms with Gasteiger partial charge in [-0.05, 0) is 65.1 Å². The molecule has 1 spiro atoms. The van der Waals surface area contributed by atoms with Crippen LogP contribution in [0.25, 0.3) is 21.9 Å². The smallest absolute Gasteiger partial charge is 0.409 e. The van der Waals surface area contributed by atoms with E-state index in [-0.39, 0.29) is 24.0 Å². The summed E-state index contributed by atoms with van der Waals surface area (Å²) in [6, 6.07) is 21.9. The predicted molar refractivity (Wildman–Crippen MR) is 152 cm³/mol. The van der Waals surface area contributed by atoms with Gasteiger partial charge < -0.3 is 25.2 Å². The van der Waals surface area contributed by atoms with Crippen molar-refractivity contribution in [2.75, 3.05) is 25.9 Å². The highest BCUT2D eigenvalue weighted by molar-refractivity contribution is 6.01. The van der Waals surface area contributed by atoms with Gasteiger partial charge in [0.25, 0.3) is 0 Å². The first-order chi connectivity index (χ1) is 19.4. The number of aromatic nitrogens is 1. The highest BCUT2D eigenvalue weighted by atomic mass is 16.5. The number of piperidine rings is 1. The summed E-state index contributed by atoms with van der Waals surface area (Å²) in [5.41, 5.74) is 11.1. The molecule has 0 unspecified atom stereocenters. The van der Waals surface area contributed by atoms with Gasteiger partial charge in [-0.2, -0.15) is 0 Å². The first kappa shape index (κ1) is 25.7. The molecule has 40 heavy (non-hydrogen) atoms. The third-order valence-electron chi connectivity index (χ3n) is 8.43. The van der Waals surface area contributed by atoms with E-state index in [1.807, 2.05) is 36.4 Å². The second-order valence-electron chi connectivity index (χ2n) is 10.6. The van der Waals surface area contributed by atoms with Crippen molar-refractivity contribution < 1.29 is 24.2 Å². The highest BCUT2D eigenvalue weighted by Crippen LogP contribution is 2.53. The Morgan fingerprint density at radius 2 is 1.85 bits per heavy atom.